The number of amides is 1. The van der Waals surface area contributed by atoms with Crippen LogP contribution in [0, 0.1) is 0 Å². The summed E-state index contributed by atoms with van der Waals surface area (Å²) in [4.78, 5) is 11.4. The van der Waals surface area contributed by atoms with Crippen LogP contribution in [0.4, 0.5) is 4.79 Å². The first-order valence-corrected chi connectivity index (χ1v) is 6.42. The van der Waals surface area contributed by atoms with Gasteiger partial charge in [0, 0.05) is 7.97 Å². The highest BCUT2D eigenvalue weighted by atomic mass is 16.6. The van der Waals surface area contributed by atoms with Gasteiger partial charge in [0.15, 0.2) is 0 Å². The fourth-order valence-electron chi connectivity index (χ4n) is 1.80. The Kier molecular flexibility index (Phi) is 6.70. The Balaban J connectivity index is 0.00000256. The van der Waals surface area contributed by atoms with Gasteiger partial charge >= 0.3 is 6.09 Å². The van der Waals surface area contributed by atoms with Crippen LogP contribution >= 0.6 is 0 Å². The predicted molar refractivity (Wildman–Crippen MR) is 67.5 cm³/mol. The van der Waals surface area contributed by atoms with Gasteiger partial charge in [0.05, 0.1) is 0 Å². The largest absolute Gasteiger partial charge is 0.446 e. The van der Waals surface area contributed by atoms with Gasteiger partial charge in [0.25, 0.3) is 0 Å². The smallest absolute Gasteiger partial charge is 0.407 e. The Labute approximate surface area is 99.7 Å². The third-order valence-electron chi connectivity index (χ3n) is 2.79. The van der Waals surface area contributed by atoms with E-state index in [1.54, 1.807) is 0 Å². The van der Waals surface area contributed by atoms with E-state index < -0.39 is 0 Å². The van der Waals surface area contributed by atoms with E-state index in [1.807, 2.05) is 0 Å². The predicted octanol–water partition coefficient (Wildman–Crippen LogP) is 3.65. The maximum Gasteiger partial charge on any atom is 0.407 e. The molecule has 0 aromatic heterocycles. The van der Waals surface area contributed by atoms with E-state index in [2.05, 4.69) is 24.4 Å². The van der Waals surface area contributed by atoms with Crippen molar-refractivity contribution in [1.82, 2.24) is 5.32 Å². The maximum absolute atomic E-state index is 11.4. The molecule has 1 aliphatic carbocycles. The number of nitrogens with one attached hydrogen (secondary N) is 1. The molecule has 0 spiro atoms. The zero-order valence-electron chi connectivity index (χ0n) is 10.2. The lowest BCUT2D eigenvalue weighted by molar-refractivity contribution is 0.0864. The van der Waals surface area contributed by atoms with Gasteiger partial charge in [-0.15, -0.1) is 0 Å². The van der Waals surface area contributed by atoms with Crippen LogP contribution in [0.5, 0.6) is 0 Å². The second-order valence-electron chi connectivity index (χ2n) is 4.29. The van der Waals surface area contributed by atoms with E-state index in [0.717, 1.165) is 51.5 Å². The molecule has 0 saturated heterocycles. The first kappa shape index (κ1) is 13.1. The Morgan fingerprint density at radius 3 is 3.06 bits per heavy atom. The molecule has 3 nitrogen and oxygen atoms in total. The number of carbonyl (C=O) groups excluding carboxylic acids is 1. The third kappa shape index (κ3) is 5.79. The molecular weight excluding hydrogens is 202 g/mol. The number of hydrogen-bond donors (Lipinski definition) is 1. The number of rotatable bonds is 4. The van der Waals surface area contributed by atoms with Crippen molar-refractivity contribution in [1.29, 1.82) is 0 Å². The lowest BCUT2D eigenvalue weighted by atomic mass is 10.0. The molecule has 1 amide bonds. The standard InChI is InChI=1S/C13H23NO2.H2/c1-2-3-11-14-13(15)16-12-9-7-5-4-6-8-10-12;/h4-5,12H,2-3,6-11H2,1H3,(H,14,15);1H/b5-4+;. The first-order chi connectivity index (χ1) is 7.83. The van der Waals surface area contributed by atoms with Crippen LogP contribution in [0.1, 0.15) is 53.3 Å². The van der Waals surface area contributed by atoms with Crippen molar-refractivity contribution < 1.29 is 11.0 Å². The fourth-order valence-corrected chi connectivity index (χ4v) is 1.80. The number of hydrogen-bond acceptors (Lipinski definition) is 2. The summed E-state index contributed by atoms with van der Waals surface area (Å²) in [5.74, 6) is 0. The molecule has 94 valence electrons. The minimum Gasteiger partial charge on any atom is -0.446 e. The molecule has 0 fully saturated rings. The molecule has 0 saturated carbocycles. The molecule has 0 aromatic carbocycles. The number of carbonyl (C=O) groups is 1. The quantitative estimate of drug-likeness (QED) is 0.588. The summed E-state index contributed by atoms with van der Waals surface area (Å²) in [6.45, 7) is 2.83. The van der Waals surface area contributed by atoms with Gasteiger partial charge in [-0.05, 0) is 38.5 Å². The van der Waals surface area contributed by atoms with Gasteiger partial charge in [-0.1, -0.05) is 25.5 Å². The van der Waals surface area contributed by atoms with Crippen molar-refractivity contribution in [2.45, 2.75) is 58.0 Å². The van der Waals surface area contributed by atoms with Crippen LogP contribution in [0.25, 0.3) is 0 Å². The molecule has 1 rings (SSSR count). The van der Waals surface area contributed by atoms with Gasteiger partial charge in [-0.3, -0.25) is 0 Å². The maximum atomic E-state index is 11.4. The number of alkyl carbamates (subject to hydrolysis) is 1. The van der Waals surface area contributed by atoms with Gasteiger partial charge in [0.2, 0.25) is 0 Å². The average molecular weight is 227 g/mol. The lowest BCUT2D eigenvalue weighted by Gasteiger charge is -2.18. The summed E-state index contributed by atoms with van der Waals surface area (Å²) >= 11 is 0. The van der Waals surface area contributed by atoms with Crippen LogP contribution in [-0.4, -0.2) is 18.7 Å². The third-order valence-corrected chi connectivity index (χ3v) is 2.79. The van der Waals surface area contributed by atoms with Crippen LogP contribution in [0.3, 0.4) is 0 Å². The first-order valence-electron chi connectivity index (χ1n) is 6.42. The molecule has 1 atom stereocenters. The Morgan fingerprint density at radius 1 is 1.44 bits per heavy atom. The zero-order chi connectivity index (χ0) is 11.6. The summed E-state index contributed by atoms with van der Waals surface area (Å²) in [6.07, 6.45) is 11.6. The van der Waals surface area contributed by atoms with E-state index in [0.29, 0.717) is 0 Å². The molecular formula is C13H25NO2. The molecule has 16 heavy (non-hydrogen) atoms. The van der Waals surface area contributed by atoms with Crippen LogP contribution in [0.15, 0.2) is 12.2 Å². The molecule has 0 bridgehead atoms. The Morgan fingerprint density at radius 2 is 2.25 bits per heavy atom. The molecule has 1 unspecified atom stereocenters. The summed E-state index contributed by atoms with van der Waals surface area (Å²) in [6, 6.07) is 0. The van der Waals surface area contributed by atoms with Gasteiger partial charge in [-0.25, -0.2) is 4.79 Å². The molecule has 3 heteroatoms. The van der Waals surface area contributed by atoms with Crippen molar-refractivity contribution in [3.63, 3.8) is 0 Å². The molecule has 0 aromatic rings. The van der Waals surface area contributed by atoms with E-state index in [1.165, 1.54) is 0 Å². The molecule has 1 aliphatic rings. The van der Waals surface area contributed by atoms with Crippen molar-refractivity contribution >= 4 is 6.09 Å². The lowest BCUT2D eigenvalue weighted by Crippen LogP contribution is -2.29. The summed E-state index contributed by atoms with van der Waals surface area (Å²) < 4.78 is 5.39. The van der Waals surface area contributed by atoms with Gasteiger partial charge < -0.3 is 10.1 Å². The molecule has 0 heterocycles. The second-order valence-corrected chi connectivity index (χ2v) is 4.29. The van der Waals surface area contributed by atoms with Crippen molar-refractivity contribution in [2.75, 3.05) is 6.54 Å². The highest BCUT2D eigenvalue weighted by Gasteiger charge is 2.13. The minimum absolute atomic E-state index is 0. The van der Waals surface area contributed by atoms with Crippen molar-refractivity contribution in [3.05, 3.63) is 12.2 Å². The molecule has 0 radical (unpaired) electrons. The minimum atomic E-state index is -0.247. The second kappa shape index (κ2) is 8.20. The highest BCUT2D eigenvalue weighted by molar-refractivity contribution is 5.67. The normalized spacial score (nSPS) is 22.9. The van der Waals surface area contributed by atoms with E-state index in [9.17, 15) is 4.79 Å². The topological polar surface area (TPSA) is 38.3 Å². The van der Waals surface area contributed by atoms with E-state index >= 15 is 0 Å². The Bertz CT molecular complexity index is 231. The van der Waals surface area contributed by atoms with E-state index in [-0.39, 0.29) is 13.6 Å². The van der Waals surface area contributed by atoms with E-state index in [4.69, 9.17) is 4.74 Å². The summed E-state index contributed by atoms with van der Waals surface area (Å²) in [5, 5.41) is 2.79. The Hall–Kier alpha value is -0.990. The SMILES string of the molecule is CCCCNC(=O)OC1CC/C=C/CCC1.[HH]. The zero-order valence-corrected chi connectivity index (χ0v) is 10.2. The monoisotopic (exact) mass is 227 g/mol. The highest BCUT2D eigenvalue weighted by Crippen LogP contribution is 2.15. The van der Waals surface area contributed by atoms with Gasteiger partial charge in [-0.2, -0.15) is 0 Å². The van der Waals surface area contributed by atoms with Crippen molar-refractivity contribution in [3.8, 4) is 0 Å². The summed E-state index contributed by atoms with van der Waals surface area (Å²) in [7, 11) is 0. The van der Waals surface area contributed by atoms with Crippen LogP contribution < -0.4 is 5.32 Å². The molecule has 0 aliphatic heterocycles. The van der Waals surface area contributed by atoms with Crippen LogP contribution in [-0.2, 0) is 4.74 Å². The van der Waals surface area contributed by atoms with Gasteiger partial charge in [0.1, 0.15) is 6.10 Å². The average Bonchev–Trinajstić information content (AvgIpc) is 2.22. The fraction of sp³-hybridized carbons (Fsp3) is 0.769. The van der Waals surface area contributed by atoms with Crippen LogP contribution in [0.2, 0.25) is 0 Å². The number of unbranched alkanes of at least 4 members (excludes halogenated alkanes) is 1. The molecule has 1 N–H and O–H groups in total. The van der Waals surface area contributed by atoms with Crippen molar-refractivity contribution in [2.24, 2.45) is 0 Å². The number of ether oxygens (including phenoxy) is 1. The summed E-state index contributed by atoms with van der Waals surface area (Å²) in [5.41, 5.74) is 0. The number of allylic oxidation sites excluding steroid dienone is 2.